The summed E-state index contributed by atoms with van der Waals surface area (Å²) in [4.78, 5) is 23.3. The maximum atomic E-state index is 13.6. The van der Waals surface area contributed by atoms with Gasteiger partial charge in [-0.2, -0.15) is 0 Å². The molecule has 0 aromatic heterocycles. The molecule has 0 saturated heterocycles. The molecule has 0 bridgehead atoms. The average Bonchev–Trinajstić information content (AvgIpc) is 2.39. The van der Waals surface area contributed by atoms with Crippen LogP contribution in [0, 0.1) is 5.82 Å². The summed E-state index contributed by atoms with van der Waals surface area (Å²) in [6.45, 7) is 1.75. The predicted molar refractivity (Wildman–Crippen MR) is 64.9 cm³/mol. The topological polar surface area (TPSA) is 43.4 Å². The Hall–Kier alpha value is -2.23. The van der Waals surface area contributed by atoms with Gasteiger partial charge < -0.3 is 4.74 Å². The van der Waals surface area contributed by atoms with Gasteiger partial charge in [0.05, 0.1) is 6.61 Å². The monoisotopic (exact) mass is 246 g/mol. The van der Waals surface area contributed by atoms with Crippen LogP contribution >= 0.6 is 0 Å². The van der Waals surface area contributed by atoms with Crippen molar-refractivity contribution in [1.82, 2.24) is 0 Å². The minimum absolute atomic E-state index is 0.129. The van der Waals surface area contributed by atoms with Gasteiger partial charge in [-0.05, 0) is 24.4 Å². The Morgan fingerprint density at radius 2 is 1.78 bits per heavy atom. The molecule has 0 atom stereocenters. The Bertz CT molecular complexity index is 619. The molecule has 0 aliphatic rings. The zero-order valence-electron chi connectivity index (χ0n) is 9.77. The smallest absolute Gasteiger partial charge is 0.379 e. The molecule has 0 unspecified atom stereocenters. The molecule has 0 heterocycles. The predicted octanol–water partition coefficient (Wildman–Crippen LogP) is 2.72. The molecule has 2 aromatic carbocycles. The van der Waals surface area contributed by atoms with Crippen molar-refractivity contribution in [2.45, 2.75) is 6.92 Å². The molecule has 2 rings (SSSR count). The molecule has 92 valence electrons. The van der Waals surface area contributed by atoms with E-state index in [2.05, 4.69) is 4.74 Å². The van der Waals surface area contributed by atoms with E-state index >= 15 is 0 Å². The lowest BCUT2D eigenvalue weighted by Crippen LogP contribution is -2.17. The van der Waals surface area contributed by atoms with Gasteiger partial charge in [-0.15, -0.1) is 0 Å². The number of carbonyl (C=O) groups excluding carboxylic acids is 2. The number of ether oxygens (including phenoxy) is 1. The molecule has 0 aliphatic carbocycles. The Balaban J connectivity index is 2.55. The second kappa shape index (κ2) is 4.96. The van der Waals surface area contributed by atoms with Crippen LogP contribution in [0.3, 0.4) is 0 Å². The van der Waals surface area contributed by atoms with Crippen LogP contribution < -0.4 is 0 Å². The molecule has 0 aliphatic heterocycles. The molecular formula is C14H11FO3. The van der Waals surface area contributed by atoms with Crippen LogP contribution in [0.1, 0.15) is 17.3 Å². The first kappa shape index (κ1) is 12.2. The van der Waals surface area contributed by atoms with Crippen LogP contribution in [-0.4, -0.2) is 18.4 Å². The highest BCUT2D eigenvalue weighted by atomic mass is 19.1. The first-order chi connectivity index (χ1) is 8.65. The van der Waals surface area contributed by atoms with Crippen molar-refractivity contribution in [3.05, 3.63) is 47.8 Å². The lowest BCUT2D eigenvalue weighted by molar-refractivity contribution is -0.137. The molecule has 0 fully saturated rings. The number of hydrogen-bond donors (Lipinski definition) is 0. The van der Waals surface area contributed by atoms with Crippen molar-refractivity contribution in [3.63, 3.8) is 0 Å². The van der Waals surface area contributed by atoms with Crippen molar-refractivity contribution in [2.24, 2.45) is 0 Å². The van der Waals surface area contributed by atoms with Crippen molar-refractivity contribution in [2.75, 3.05) is 6.61 Å². The van der Waals surface area contributed by atoms with Gasteiger partial charge in [0.25, 0.3) is 5.78 Å². The Kier molecular flexibility index (Phi) is 3.37. The number of esters is 1. The summed E-state index contributed by atoms with van der Waals surface area (Å²) in [5.41, 5.74) is 0.158. The second-order valence-electron chi connectivity index (χ2n) is 3.69. The highest BCUT2D eigenvalue weighted by Gasteiger charge is 2.20. The van der Waals surface area contributed by atoms with E-state index in [1.54, 1.807) is 31.2 Å². The number of Topliss-reactive ketones (excluding diaryl/α,β-unsaturated/α-hetero) is 1. The first-order valence-corrected chi connectivity index (χ1v) is 5.54. The van der Waals surface area contributed by atoms with Gasteiger partial charge in [0.2, 0.25) is 0 Å². The SMILES string of the molecule is CCOC(=O)C(=O)c1ccc(F)c2ccccc12. The molecular weight excluding hydrogens is 235 g/mol. The molecule has 3 nitrogen and oxygen atoms in total. The van der Waals surface area contributed by atoms with Crippen LogP contribution in [0.5, 0.6) is 0 Å². The maximum absolute atomic E-state index is 13.6. The molecule has 0 amide bonds. The number of hydrogen-bond acceptors (Lipinski definition) is 3. The van der Waals surface area contributed by atoms with Crippen molar-refractivity contribution in [1.29, 1.82) is 0 Å². The highest BCUT2D eigenvalue weighted by Crippen LogP contribution is 2.22. The zero-order valence-corrected chi connectivity index (χ0v) is 9.77. The van der Waals surface area contributed by atoms with E-state index < -0.39 is 17.6 Å². The number of fused-ring (bicyclic) bond motifs is 1. The van der Waals surface area contributed by atoms with Crippen molar-refractivity contribution < 1.29 is 18.7 Å². The number of carbonyl (C=O) groups is 2. The Labute approximate surface area is 103 Å². The fourth-order valence-electron chi connectivity index (χ4n) is 1.77. The van der Waals surface area contributed by atoms with E-state index in [1.807, 2.05) is 0 Å². The molecule has 0 spiro atoms. The van der Waals surface area contributed by atoms with E-state index in [-0.39, 0.29) is 12.2 Å². The van der Waals surface area contributed by atoms with Gasteiger partial charge in [0, 0.05) is 10.9 Å². The van der Waals surface area contributed by atoms with Crippen LogP contribution in [0.15, 0.2) is 36.4 Å². The van der Waals surface area contributed by atoms with Gasteiger partial charge >= 0.3 is 5.97 Å². The molecule has 4 heteroatoms. The first-order valence-electron chi connectivity index (χ1n) is 5.54. The average molecular weight is 246 g/mol. The standard InChI is InChI=1S/C14H11FO3/c1-2-18-14(17)13(16)11-7-8-12(15)10-6-4-3-5-9(10)11/h3-8H,2H2,1H3. The fourth-order valence-corrected chi connectivity index (χ4v) is 1.77. The van der Waals surface area contributed by atoms with Gasteiger partial charge in [-0.25, -0.2) is 9.18 Å². The largest absolute Gasteiger partial charge is 0.460 e. The van der Waals surface area contributed by atoms with E-state index in [0.29, 0.717) is 10.8 Å². The molecule has 0 saturated carbocycles. The third-order valence-corrected chi connectivity index (χ3v) is 2.58. The van der Waals surface area contributed by atoms with Gasteiger partial charge in [0.15, 0.2) is 0 Å². The summed E-state index contributed by atoms with van der Waals surface area (Å²) in [6, 6.07) is 9.00. The van der Waals surface area contributed by atoms with Gasteiger partial charge in [0.1, 0.15) is 5.82 Å². The zero-order chi connectivity index (χ0) is 13.1. The number of halogens is 1. The summed E-state index contributed by atoms with van der Waals surface area (Å²) in [7, 11) is 0. The highest BCUT2D eigenvalue weighted by molar-refractivity contribution is 6.42. The van der Waals surface area contributed by atoms with E-state index in [1.165, 1.54) is 12.1 Å². The maximum Gasteiger partial charge on any atom is 0.379 e. The third-order valence-electron chi connectivity index (χ3n) is 2.58. The van der Waals surface area contributed by atoms with E-state index in [0.717, 1.165) is 0 Å². The summed E-state index contributed by atoms with van der Waals surface area (Å²) in [6.07, 6.45) is 0. The lowest BCUT2D eigenvalue weighted by atomic mass is 10.0. The number of rotatable bonds is 3. The summed E-state index contributed by atoms with van der Waals surface area (Å²) in [5.74, 6) is -2.10. The summed E-state index contributed by atoms with van der Waals surface area (Å²) >= 11 is 0. The van der Waals surface area contributed by atoms with Crippen molar-refractivity contribution in [3.8, 4) is 0 Å². The summed E-state index contributed by atoms with van der Waals surface area (Å²) in [5, 5.41) is 0.725. The quantitative estimate of drug-likeness (QED) is 0.475. The molecule has 0 N–H and O–H groups in total. The minimum atomic E-state index is -0.922. The number of benzene rings is 2. The van der Waals surface area contributed by atoms with Crippen LogP contribution in [0.4, 0.5) is 4.39 Å². The van der Waals surface area contributed by atoms with Crippen molar-refractivity contribution >= 4 is 22.5 Å². The molecule has 18 heavy (non-hydrogen) atoms. The Morgan fingerprint density at radius 1 is 1.11 bits per heavy atom. The second-order valence-corrected chi connectivity index (χ2v) is 3.69. The molecule has 2 aromatic rings. The normalized spacial score (nSPS) is 10.3. The molecule has 0 radical (unpaired) electrons. The number of ketones is 1. The lowest BCUT2D eigenvalue weighted by Gasteiger charge is -2.06. The minimum Gasteiger partial charge on any atom is -0.460 e. The van der Waals surface area contributed by atoms with E-state index in [9.17, 15) is 14.0 Å². The Morgan fingerprint density at radius 3 is 2.44 bits per heavy atom. The summed E-state index contributed by atoms with van der Waals surface area (Å²) < 4.78 is 18.2. The van der Waals surface area contributed by atoms with Gasteiger partial charge in [-0.3, -0.25) is 4.79 Å². The van der Waals surface area contributed by atoms with Gasteiger partial charge in [-0.1, -0.05) is 24.3 Å². The van der Waals surface area contributed by atoms with Crippen LogP contribution in [-0.2, 0) is 9.53 Å². The van der Waals surface area contributed by atoms with Crippen LogP contribution in [0.25, 0.3) is 10.8 Å². The third kappa shape index (κ3) is 2.09. The van der Waals surface area contributed by atoms with E-state index in [4.69, 9.17) is 0 Å². The fraction of sp³-hybridized carbons (Fsp3) is 0.143. The van der Waals surface area contributed by atoms with Crippen LogP contribution in [0.2, 0.25) is 0 Å².